The summed E-state index contributed by atoms with van der Waals surface area (Å²) in [5, 5.41) is 0. The average Bonchev–Trinajstić information content (AvgIpc) is 2.66. The maximum absolute atomic E-state index is 12.4. The second-order valence-electron chi connectivity index (χ2n) is 5.76. The molecule has 10 heteroatoms. The zero-order valence-electron chi connectivity index (χ0n) is 15.4. The molecule has 0 heterocycles. The third-order valence-electron chi connectivity index (χ3n) is 3.66. The van der Waals surface area contributed by atoms with E-state index in [-0.39, 0.29) is 28.6 Å². The normalized spacial score (nSPS) is 11.5. The van der Waals surface area contributed by atoms with Crippen LogP contribution in [-0.4, -0.2) is 46.5 Å². The second kappa shape index (κ2) is 8.98. The number of ether oxygens (including phenoxy) is 3. The summed E-state index contributed by atoms with van der Waals surface area (Å²) in [6.07, 6.45) is 0. The number of carbonyl (C=O) groups excluding carboxylic acids is 1. The Morgan fingerprint density at radius 1 is 1.11 bits per heavy atom. The first kappa shape index (κ1) is 21.6. The van der Waals surface area contributed by atoms with E-state index in [1.165, 1.54) is 63.7 Å². The number of hydrogen-bond acceptors (Lipinski definition) is 6. The molecule has 0 spiro atoms. The van der Waals surface area contributed by atoms with E-state index in [0.29, 0.717) is 5.56 Å². The maximum atomic E-state index is 12.4. The topological polar surface area (TPSA) is 82.1 Å². The van der Waals surface area contributed by atoms with Crippen LogP contribution in [-0.2, 0) is 21.4 Å². The fourth-order valence-electron chi connectivity index (χ4n) is 2.22. The molecule has 0 N–H and O–H groups in total. The van der Waals surface area contributed by atoms with Gasteiger partial charge in [0.25, 0.3) is 0 Å². The highest BCUT2D eigenvalue weighted by Crippen LogP contribution is 2.29. The van der Waals surface area contributed by atoms with E-state index < -0.39 is 22.6 Å². The van der Waals surface area contributed by atoms with Gasteiger partial charge >= 0.3 is 12.6 Å². The molecule has 0 radical (unpaired) electrons. The highest BCUT2D eigenvalue weighted by molar-refractivity contribution is 7.89. The summed E-state index contributed by atoms with van der Waals surface area (Å²) in [5.74, 6) is -0.815. The lowest BCUT2D eigenvalue weighted by Crippen LogP contribution is -2.22. The van der Waals surface area contributed by atoms with E-state index in [4.69, 9.17) is 9.47 Å². The number of nitrogens with zero attached hydrogens (tertiary/aromatic N) is 1. The van der Waals surface area contributed by atoms with Crippen molar-refractivity contribution in [3.05, 3.63) is 53.6 Å². The summed E-state index contributed by atoms with van der Waals surface area (Å²) in [7, 11) is 0.370. The summed E-state index contributed by atoms with van der Waals surface area (Å²) in [6.45, 7) is -3.17. The quantitative estimate of drug-likeness (QED) is 0.617. The number of carbonyl (C=O) groups is 1. The van der Waals surface area contributed by atoms with Crippen molar-refractivity contribution in [3.63, 3.8) is 0 Å². The summed E-state index contributed by atoms with van der Waals surface area (Å²) in [4.78, 5) is 12.2. The van der Waals surface area contributed by atoms with Gasteiger partial charge in [-0.25, -0.2) is 17.5 Å². The van der Waals surface area contributed by atoms with Crippen LogP contribution in [0, 0.1) is 0 Å². The highest BCUT2D eigenvalue weighted by atomic mass is 32.2. The van der Waals surface area contributed by atoms with Crippen LogP contribution in [0.3, 0.4) is 0 Å². The van der Waals surface area contributed by atoms with Crippen molar-refractivity contribution in [3.8, 4) is 11.5 Å². The van der Waals surface area contributed by atoms with Crippen LogP contribution in [0.15, 0.2) is 47.4 Å². The number of benzene rings is 2. The Bertz CT molecular complexity index is 947. The minimum atomic E-state index is -3.69. The molecule has 0 unspecified atom stereocenters. The lowest BCUT2D eigenvalue weighted by Gasteiger charge is -2.13. The van der Waals surface area contributed by atoms with Crippen LogP contribution >= 0.6 is 0 Å². The van der Waals surface area contributed by atoms with Crippen LogP contribution in [0.2, 0.25) is 0 Å². The van der Waals surface area contributed by atoms with Crippen LogP contribution in [0.1, 0.15) is 15.9 Å². The first-order chi connectivity index (χ1) is 13.1. The minimum Gasteiger partial charge on any atom is -0.493 e. The molecule has 28 heavy (non-hydrogen) atoms. The average molecular weight is 415 g/mol. The summed E-state index contributed by atoms with van der Waals surface area (Å²) < 4.78 is 64.5. The van der Waals surface area contributed by atoms with Gasteiger partial charge in [-0.05, 0) is 35.9 Å². The molecule has 0 atom stereocenters. The van der Waals surface area contributed by atoms with E-state index in [9.17, 15) is 22.0 Å². The van der Waals surface area contributed by atoms with Crippen LogP contribution in [0.4, 0.5) is 8.78 Å². The number of esters is 1. The second-order valence-corrected chi connectivity index (χ2v) is 7.91. The van der Waals surface area contributed by atoms with Crippen molar-refractivity contribution in [2.75, 3.05) is 21.2 Å². The minimum absolute atomic E-state index is 0.0397. The Morgan fingerprint density at radius 3 is 2.43 bits per heavy atom. The molecule has 2 rings (SSSR count). The SMILES string of the molecule is COc1cc(COC(=O)c2cccc(S(=O)(=O)N(C)C)c2)ccc1OC(F)F. The van der Waals surface area contributed by atoms with E-state index in [0.717, 1.165) is 4.31 Å². The molecule has 0 bridgehead atoms. The molecule has 0 aromatic heterocycles. The number of rotatable bonds is 8. The standard InChI is InChI=1S/C18H19F2NO6S/c1-21(2)28(23,24)14-6-4-5-13(10-14)17(22)26-11-12-7-8-15(27-18(19)20)16(9-12)25-3/h4-10,18H,11H2,1-3H3. The van der Waals surface area contributed by atoms with Gasteiger partial charge < -0.3 is 14.2 Å². The molecule has 152 valence electrons. The van der Waals surface area contributed by atoms with Gasteiger partial charge in [0, 0.05) is 14.1 Å². The Morgan fingerprint density at radius 2 is 1.82 bits per heavy atom. The molecule has 0 amide bonds. The van der Waals surface area contributed by atoms with Crippen LogP contribution in [0.25, 0.3) is 0 Å². The van der Waals surface area contributed by atoms with E-state index in [1.807, 2.05) is 0 Å². The van der Waals surface area contributed by atoms with Gasteiger partial charge in [-0.3, -0.25) is 0 Å². The zero-order chi connectivity index (χ0) is 20.9. The third-order valence-corrected chi connectivity index (χ3v) is 5.47. The van der Waals surface area contributed by atoms with Crippen molar-refractivity contribution in [2.45, 2.75) is 18.1 Å². The number of halogens is 2. The molecule has 0 aliphatic heterocycles. The summed E-state index contributed by atoms with van der Waals surface area (Å²) >= 11 is 0. The molecule has 0 aliphatic rings. The van der Waals surface area contributed by atoms with Gasteiger partial charge in [0.05, 0.1) is 17.6 Å². The molecule has 0 saturated carbocycles. The van der Waals surface area contributed by atoms with Crippen molar-refractivity contribution in [1.29, 1.82) is 0 Å². The molecular weight excluding hydrogens is 396 g/mol. The van der Waals surface area contributed by atoms with Gasteiger partial charge in [-0.15, -0.1) is 0 Å². The van der Waals surface area contributed by atoms with Crippen LogP contribution < -0.4 is 9.47 Å². The molecular formula is C18H19F2NO6S. The summed E-state index contributed by atoms with van der Waals surface area (Å²) in [5.41, 5.74) is 0.538. The Labute approximate surface area is 161 Å². The van der Waals surface area contributed by atoms with E-state index >= 15 is 0 Å². The lowest BCUT2D eigenvalue weighted by atomic mass is 10.2. The molecule has 7 nitrogen and oxygen atoms in total. The lowest BCUT2D eigenvalue weighted by molar-refractivity contribution is -0.0512. The van der Waals surface area contributed by atoms with Crippen molar-refractivity contribution in [2.24, 2.45) is 0 Å². The van der Waals surface area contributed by atoms with Gasteiger partial charge in [0.15, 0.2) is 11.5 Å². The first-order valence-corrected chi connectivity index (χ1v) is 9.40. The molecule has 2 aromatic rings. The Kier molecular flexibility index (Phi) is 6.92. The maximum Gasteiger partial charge on any atom is 0.387 e. The van der Waals surface area contributed by atoms with Crippen molar-refractivity contribution >= 4 is 16.0 Å². The van der Waals surface area contributed by atoms with Crippen molar-refractivity contribution in [1.82, 2.24) is 4.31 Å². The molecule has 0 fully saturated rings. The third kappa shape index (κ3) is 5.17. The predicted octanol–water partition coefficient (Wildman–Crippen LogP) is 2.90. The summed E-state index contributed by atoms with van der Waals surface area (Å²) in [6, 6.07) is 9.58. The number of methoxy groups -OCH3 is 1. The molecule has 2 aromatic carbocycles. The molecule has 0 saturated heterocycles. The largest absolute Gasteiger partial charge is 0.493 e. The monoisotopic (exact) mass is 415 g/mol. The van der Waals surface area contributed by atoms with Gasteiger partial charge in [-0.1, -0.05) is 12.1 Å². The smallest absolute Gasteiger partial charge is 0.387 e. The zero-order valence-corrected chi connectivity index (χ0v) is 16.2. The number of alkyl halides is 2. The fraction of sp³-hybridized carbons (Fsp3) is 0.278. The van der Waals surface area contributed by atoms with E-state index in [1.54, 1.807) is 0 Å². The van der Waals surface area contributed by atoms with Crippen molar-refractivity contribution < 1.29 is 36.2 Å². The first-order valence-electron chi connectivity index (χ1n) is 7.96. The molecule has 0 aliphatic carbocycles. The van der Waals surface area contributed by atoms with Gasteiger partial charge in [0.2, 0.25) is 10.0 Å². The van der Waals surface area contributed by atoms with Gasteiger partial charge in [0.1, 0.15) is 6.61 Å². The number of hydrogen-bond donors (Lipinski definition) is 0. The van der Waals surface area contributed by atoms with Crippen LogP contribution in [0.5, 0.6) is 11.5 Å². The number of sulfonamides is 1. The highest BCUT2D eigenvalue weighted by Gasteiger charge is 2.19. The van der Waals surface area contributed by atoms with Gasteiger partial charge in [-0.2, -0.15) is 8.78 Å². The van der Waals surface area contributed by atoms with E-state index in [2.05, 4.69) is 4.74 Å². The fourth-order valence-corrected chi connectivity index (χ4v) is 3.17. The Hall–Kier alpha value is -2.72. The predicted molar refractivity (Wildman–Crippen MR) is 96.1 cm³/mol. The Balaban J connectivity index is 2.12.